The average Bonchev–Trinajstić information content (AvgIpc) is 1.85. The van der Waals surface area contributed by atoms with E-state index in [4.69, 9.17) is 15.3 Å². The summed E-state index contributed by atoms with van der Waals surface area (Å²) in [5, 5.41) is 25.9. The second-order valence-corrected chi connectivity index (χ2v) is 2.22. The van der Waals surface area contributed by atoms with Crippen LogP contribution in [0.25, 0.3) is 0 Å². The van der Waals surface area contributed by atoms with Gasteiger partial charge >= 0.3 is 0 Å². The van der Waals surface area contributed by atoms with Gasteiger partial charge in [-0.3, -0.25) is 4.79 Å². The van der Waals surface area contributed by atoms with Crippen LogP contribution in [0.4, 0.5) is 0 Å². The van der Waals surface area contributed by atoms with E-state index in [1.807, 2.05) is 0 Å². The molecule has 4 nitrogen and oxygen atoms in total. The molecule has 0 heterocycles. The zero-order chi connectivity index (χ0) is 8.15. The maximum absolute atomic E-state index is 10.3. The van der Waals surface area contributed by atoms with E-state index in [9.17, 15) is 4.79 Å². The van der Waals surface area contributed by atoms with Gasteiger partial charge in [0.25, 0.3) is 0 Å². The molecule has 0 bridgehead atoms. The Morgan fingerprint density at radius 3 is 2.20 bits per heavy atom. The van der Waals surface area contributed by atoms with Crippen molar-refractivity contribution in [3.05, 3.63) is 0 Å². The van der Waals surface area contributed by atoms with Crippen LogP contribution in [0.1, 0.15) is 13.3 Å². The van der Waals surface area contributed by atoms with Gasteiger partial charge in [-0.1, -0.05) is 0 Å². The van der Waals surface area contributed by atoms with Crippen molar-refractivity contribution in [1.82, 2.24) is 0 Å². The van der Waals surface area contributed by atoms with Crippen molar-refractivity contribution < 1.29 is 20.1 Å². The number of aliphatic hydroxyl groups excluding tert-OH is 3. The van der Waals surface area contributed by atoms with Crippen LogP contribution in [0.5, 0.6) is 0 Å². The lowest BCUT2D eigenvalue weighted by Gasteiger charge is -2.12. The van der Waals surface area contributed by atoms with Gasteiger partial charge in [0.05, 0.1) is 12.7 Å². The third-order valence-corrected chi connectivity index (χ3v) is 1.13. The number of ketones is 1. The lowest BCUT2D eigenvalue weighted by molar-refractivity contribution is -0.121. The number of Topliss-reactive ketones (excluding diaryl/α,β-unsaturated/α-hetero) is 1. The van der Waals surface area contributed by atoms with Crippen LogP contribution in [-0.4, -0.2) is 39.9 Å². The van der Waals surface area contributed by atoms with E-state index in [2.05, 4.69) is 0 Å². The fourth-order valence-electron chi connectivity index (χ4n) is 0.552. The molecule has 2 unspecified atom stereocenters. The standard InChI is InChI=1S/C6H12O4/c1-4(8)2-5(9)6(10)3-7/h5-7,9-10H,2-3H2,1H3. The Bertz CT molecular complexity index is 112. The Hall–Kier alpha value is -0.450. The van der Waals surface area contributed by atoms with E-state index in [-0.39, 0.29) is 12.2 Å². The first-order valence-electron chi connectivity index (χ1n) is 3.04. The summed E-state index contributed by atoms with van der Waals surface area (Å²) in [6.07, 6.45) is -2.45. The predicted molar refractivity (Wildman–Crippen MR) is 34.4 cm³/mol. The highest BCUT2D eigenvalue weighted by molar-refractivity contribution is 5.76. The largest absolute Gasteiger partial charge is 0.394 e. The lowest BCUT2D eigenvalue weighted by Crippen LogP contribution is -2.30. The topological polar surface area (TPSA) is 77.8 Å². The molecule has 0 radical (unpaired) electrons. The summed E-state index contributed by atoms with van der Waals surface area (Å²) in [5.74, 6) is -0.208. The highest BCUT2D eigenvalue weighted by Crippen LogP contribution is 1.98. The van der Waals surface area contributed by atoms with Crippen molar-refractivity contribution >= 4 is 5.78 Å². The summed E-state index contributed by atoms with van der Waals surface area (Å²) >= 11 is 0. The van der Waals surface area contributed by atoms with Gasteiger partial charge in [-0.25, -0.2) is 0 Å². The molecule has 2 atom stereocenters. The first-order chi connectivity index (χ1) is 4.57. The predicted octanol–water partition coefficient (Wildman–Crippen LogP) is -1.32. The van der Waals surface area contributed by atoms with Crippen molar-refractivity contribution in [2.45, 2.75) is 25.6 Å². The fraction of sp³-hybridized carbons (Fsp3) is 0.833. The van der Waals surface area contributed by atoms with Crippen LogP contribution in [-0.2, 0) is 4.79 Å². The van der Waals surface area contributed by atoms with Gasteiger partial charge in [0.1, 0.15) is 11.9 Å². The summed E-state index contributed by atoms with van der Waals surface area (Å²) in [6, 6.07) is 0. The van der Waals surface area contributed by atoms with Crippen LogP contribution < -0.4 is 0 Å². The third kappa shape index (κ3) is 3.55. The summed E-state index contributed by atoms with van der Waals surface area (Å²) in [6.45, 7) is 0.793. The molecule has 0 amide bonds. The second-order valence-electron chi connectivity index (χ2n) is 2.22. The molecule has 0 aromatic rings. The molecule has 60 valence electrons. The number of rotatable bonds is 4. The van der Waals surface area contributed by atoms with E-state index in [1.54, 1.807) is 0 Å². The van der Waals surface area contributed by atoms with Crippen LogP contribution in [0, 0.1) is 0 Å². The molecule has 0 fully saturated rings. The lowest BCUT2D eigenvalue weighted by atomic mass is 10.1. The van der Waals surface area contributed by atoms with Crippen molar-refractivity contribution in [2.24, 2.45) is 0 Å². The summed E-state index contributed by atoms with van der Waals surface area (Å²) < 4.78 is 0. The van der Waals surface area contributed by atoms with Gasteiger partial charge in [0.15, 0.2) is 0 Å². The van der Waals surface area contributed by atoms with Crippen molar-refractivity contribution in [3.8, 4) is 0 Å². The highest BCUT2D eigenvalue weighted by Gasteiger charge is 2.16. The summed E-state index contributed by atoms with van der Waals surface area (Å²) in [7, 11) is 0. The third-order valence-electron chi connectivity index (χ3n) is 1.13. The Morgan fingerprint density at radius 1 is 1.40 bits per heavy atom. The summed E-state index contributed by atoms with van der Waals surface area (Å²) in [4.78, 5) is 10.3. The monoisotopic (exact) mass is 148 g/mol. The number of hydrogen-bond acceptors (Lipinski definition) is 4. The SMILES string of the molecule is CC(=O)CC(O)C(O)CO. The first-order valence-corrected chi connectivity index (χ1v) is 3.04. The zero-order valence-electron chi connectivity index (χ0n) is 5.82. The molecule has 0 aliphatic carbocycles. The number of hydrogen-bond donors (Lipinski definition) is 3. The summed E-state index contributed by atoms with van der Waals surface area (Å²) in [5.41, 5.74) is 0. The molecule has 0 saturated carbocycles. The smallest absolute Gasteiger partial charge is 0.132 e. The van der Waals surface area contributed by atoms with Gasteiger partial charge in [-0.15, -0.1) is 0 Å². The van der Waals surface area contributed by atoms with Crippen molar-refractivity contribution in [2.75, 3.05) is 6.61 Å². The molecule has 4 heteroatoms. The Kier molecular flexibility index (Phi) is 4.18. The maximum Gasteiger partial charge on any atom is 0.132 e. The fourth-order valence-corrected chi connectivity index (χ4v) is 0.552. The van der Waals surface area contributed by atoms with Gasteiger partial charge in [0, 0.05) is 6.42 Å². The molecule has 10 heavy (non-hydrogen) atoms. The Labute approximate surface area is 59.1 Å². The van der Waals surface area contributed by atoms with Crippen LogP contribution in [0.15, 0.2) is 0 Å². The highest BCUT2D eigenvalue weighted by atomic mass is 16.4. The minimum Gasteiger partial charge on any atom is -0.394 e. The number of carbonyl (C=O) groups is 1. The van der Waals surface area contributed by atoms with E-state index in [0.29, 0.717) is 0 Å². The van der Waals surface area contributed by atoms with E-state index < -0.39 is 18.8 Å². The molecule has 0 rings (SSSR count). The number of aliphatic hydroxyl groups is 3. The number of carbonyl (C=O) groups excluding carboxylic acids is 1. The van der Waals surface area contributed by atoms with E-state index >= 15 is 0 Å². The minimum atomic E-state index is -1.20. The van der Waals surface area contributed by atoms with E-state index in [0.717, 1.165) is 0 Å². The van der Waals surface area contributed by atoms with Crippen molar-refractivity contribution in [3.63, 3.8) is 0 Å². The minimum absolute atomic E-state index is 0.109. The molecule has 0 aromatic heterocycles. The molecule has 3 N–H and O–H groups in total. The zero-order valence-corrected chi connectivity index (χ0v) is 5.82. The Balaban J connectivity index is 3.61. The van der Waals surface area contributed by atoms with Gasteiger partial charge in [-0.2, -0.15) is 0 Å². The maximum atomic E-state index is 10.3. The molecular formula is C6H12O4. The molecular weight excluding hydrogens is 136 g/mol. The van der Waals surface area contributed by atoms with Crippen LogP contribution in [0.2, 0.25) is 0 Å². The van der Waals surface area contributed by atoms with E-state index in [1.165, 1.54) is 6.92 Å². The Morgan fingerprint density at radius 2 is 1.90 bits per heavy atom. The quantitative estimate of drug-likeness (QED) is 0.462. The normalized spacial score (nSPS) is 16.4. The van der Waals surface area contributed by atoms with Gasteiger partial charge in [0.2, 0.25) is 0 Å². The molecule has 0 aliphatic heterocycles. The second kappa shape index (κ2) is 4.38. The first kappa shape index (κ1) is 9.55. The van der Waals surface area contributed by atoms with Gasteiger partial charge in [-0.05, 0) is 6.92 Å². The van der Waals surface area contributed by atoms with Crippen molar-refractivity contribution in [1.29, 1.82) is 0 Å². The van der Waals surface area contributed by atoms with Crippen LogP contribution >= 0.6 is 0 Å². The molecule has 0 aliphatic rings. The molecule has 0 spiro atoms. The average molecular weight is 148 g/mol. The molecule has 0 aromatic carbocycles. The molecule has 0 saturated heterocycles. The van der Waals surface area contributed by atoms with Crippen LogP contribution in [0.3, 0.4) is 0 Å². The van der Waals surface area contributed by atoms with Gasteiger partial charge < -0.3 is 15.3 Å².